The Morgan fingerprint density at radius 1 is 1.35 bits per heavy atom. The maximum absolute atomic E-state index is 6.36. The predicted octanol–water partition coefficient (Wildman–Crippen LogP) is 2.98. The highest BCUT2D eigenvalue weighted by atomic mass is 35.5. The molecule has 0 aromatic heterocycles. The van der Waals surface area contributed by atoms with E-state index in [1.54, 1.807) is 0 Å². The van der Waals surface area contributed by atoms with Crippen molar-refractivity contribution in [1.29, 1.82) is 0 Å². The molecule has 0 atom stereocenters. The van der Waals surface area contributed by atoms with Crippen LogP contribution in [-0.2, 0) is 6.54 Å². The Bertz CT molecular complexity index is 428. The molecule has 4 heteroatoms. The fourth-order valence-electron chi connectivity index (χ4n) is 3.05. The standard InChI is InChI=1S/C16H26ClN3/c1-4-20-10-8-13(9-11-20)19(3)16-7-5-6-15(17)14(16)12-18-2/h5-7,13,18H,4,8-12H2,1-3H3. The van der Waals surface area contributed by atoms with Crippen molar-refractivity contribution < 1.29 is 0 Å². The van der Waals surface area contributed by atoms with Crippen LogP contribution in [0.2, 0.25) is 5.02 Å². The summed E-state index contributed by atoms with van der Waals surface area (Å²) in [7, 11) is 4.17. The first-order valence-electron chi connectivity index (χ1n) is 7.54. The minimum Gasteiger partial charge on any atom is -0.371 e. The zero-order valence-corrected chi connectivity index (χ0v) is 13.6. The summed E-state index contributed by atoms with van der Waals surface area (Å²) >= 11 is 6.36. The van der Waals surface area contributed by atoms with E-state index in [2.05, 4.69) is 41.2 Å². The van der Waals surface area contributed by atoms with Crippen molar-refractivity contribution in [2.45, 2.75) is 32.4 Å². The van der Waals surface area contributed by atoms with Crippen LogP contribution in [0, 0.1) is 0 Å². The second-order valence-electron chi connectivity index (χ2n) is 5.54. The molecule has 1 aliphatic heterocycles. The van der Waals surface area contributed by atoms with E-state index in [1.165, 1.54) is 43.7 Å². The third-order valence-corrected chi connectivity index (χ3v) is 4.73. The predicted molar refractivity (Wildman–Crippen MR) is 87.8 cm³/mol. The van der Waals surface area contributed by atoms with Gasteiger partial charge in [0, 0.05) is 49.0 Å². The molecule has 1 aromatic carbocycles. The van der Waals surface area contributed by atoms with Crippen molar-refractivity contribution in [2.24, 2.45) is 0 Å². The van der Waals surface area contributed by atoms with E-state index in [9.17, 15) is 0 Å². The Balaban J connectivity index is 2.13. The molecule has 0 amide bonds. The van der Waals surface area contributed by atoms with Gasteiger partial charge in [-0.25, -0.2) is 0 Å². The number of halogens is 1. The lowest BCUT2D eigenvalue weighted by atomic mass is 10.0. The van der Waals surface area contributed by atoms with Gasteiger partial charge in [0.15, 0.2) is 0 Å². The van der Waals surface area contributed by atoms with Crippen molar-refractivity contribution in [2.75, 3.05) is 38.6 Å². The van der Waals surface area contributed by atoms with Crippen LogP contribution < -0.4 is 10.2 Å². The number of hydrogen-bond donors (Lipinski definition) is 1. The molecule has 0 saturated carbocycles. The Morgan fingerprint density at radius 3 is 2.65 bits per heavy atom. The topological polar surface area (TPSA) is 18.5 Å². The van der Waals surface area contributed by atoms with Crippen LogP contribution in [0.1, 0.15) is 25.3 Å². The van der Waals surface area contributed by atoms with Crippen molar-refractivity contribution >= 4 is 17.3 Å². The van der Waals surface area contributed by atoms with Gasteiger partial charge in [0.05, 0.1) is 0 Å². The number of anilines is 1. The summed E-state index contributed by atoms with van der Waals surface area (Å²) in [6.45, 7) is 6.62. The Morgan fingerprint density at radius 2 is 2.05 bits per heavy atom. The lowest BCUT2D eigenvalue weighted by Gasteiger charge is -2.38. The molecule has 0 bridgehead atoms. The van der Waals surface area contributed by atoms with E-state index in [0.717, 1.165) is 11.6 Å². The van der Waals surface area contributed by atoms with Gasteiger partial charge in [-0.05, 0) is 38.6 Å². The van der Waals surface area contributed by atoms with Crippen molar-refractivity contribution in [1.82, 2.24) is 10.2 Å². The maximum Gasteiger partial charge on any atom is 0.0471 e. The van der Waals surface area contributed by atoms with Gasteiger partial charge >= 0.3 is 0 Å². The normalized spacial score (nSPS) is 17.4. The Kier molecular flexibility index (Phi) is 5.70. The number of rotatable bonds is 5. The maximum atomic E-state index is 6.36. The quantitative estimate of drug-likeness (QED) is 0.901. The lowest BCUT2D eigenvalue weighted by Crippen LogP contribution is -2.43. The highest BCUT2D eigenvalue weighted by Gasteiger charge is 2.23. The summed E-state index contributed by atoms with van der Waals surface area (Å²) in [4.78, 5) is 4.95. The first-order chi connectivity index (χ1) is 9.67. The first kappa shape index (κ1) is 15.6. The molecular formula is C16H26ClN3. The van der Waals surface area contributed by atoms with Gasteiger partial charge < -0.3 is 15.1 Å². The van der Waals surface area contributed by atoms with Crippen LogP contribution in [0.5, 0.6) is 0 Å². The number of benzene rings is 1. The number of hydrogen-bond acceptors (Lipinski definition) is 3. The average molecular weight is 296 g/mol. The molecule has 1 fully saturated rings. The second kappa shape index (κ2) is 7.30. The average Bonchev–Trinajstić information content (AvgIpc) is 2.49. The van der Waals surface area contributed by atoms with E-state index in [0.29, 0.717) is 6.04 Å². The highest BCUT2D eigenvalue weighted by Crippen LogP contribution is 2.30. The zero-order valence-electron chi connectivity index (χ0n) is 12.8. The van der Waals surface area contributed by atoms with Gasteiger partial charge in [-0.3, -0.25) is 0 Å². The van der Waals surface area contributed by atoms with E-state index in [-0.39, 0.29) is 0 Å². The molecule has 1 aromatic rings. The van der Waals surface area contributed by atoms with Crippen LogP contribution in [0.3, 0.4) is 0 Å². The van der Waals surface area contributed by atoms with Crippen LogP contribution in [-0.4, -0.2) is 44.7 Å². The fraction of sp³-hybridized carbons (Fsp3) is 0.625. The minimum absolute atomic E-state index is 0.617. The van der Waals surface area contributed by atoms with Crippen LogP contribution in [0.4, 0.5) is 5.69 Å². The van der Waals surface area contributed by atoms with E-state index in [4.69, 9.17) is 11.6 Å². The van der Waals surface area contributed by atoms with E-state index in [1.807, 2.05) is 13.1 Å². The van der Waals surface area contributed by atoms with Gasteiger partial charge in [0.2, 0.25) is 0 Å². The molecule has 1 aliphatic rings. The van der Waals surface area contributed by atoms with Crippen LogP contribution in [0.15, 0.2) is 18.2 Å². The van der Waals surface area contributed by atoms with E-state index >= 15 is 0 Å². The van der Waals surface area contributed by atoms with Gasteiger partial charge in [0.25, 0.3) is 0 Å². The van der Waals surface area contributed by atoms with Crippen molar-refractivity contribution in [3.8, 4) is 0 Å². The number of nitrogens with zero attached hydrogens (tertiary/aromatic N) is 2. The summed E-state index contributed by atoms with van der Waals surface area (Å²) in [5, 5.41) is 4.08. The largest absolute Gasteiger partial charge is 0.371 e. The monoisotopic (exact) mass is 295 g/mol. The summed E-state index contributed by atoms with van der Waals surface area (Å²) < 4.78 is 0. The van der Waals surface area contributed by atoms with Gasteiger partial charge in [0.1, 0.15) is 0 Å². The highest BCUT2D eigenvalue weighted by molar-refractivity contribution is 6.31. The molecule has 20 heavy (non-hydrogen) atoms. The number of likely N-dealkylation sites (tertiary alicyclic amines) is 1. The lowest BCUT2D eigenvalue weighted by molar-refractivity contribution is 0.221. The van der Waals surface area contributed by atoms with Crippen LogP contribution in [0.25, 0.3) is 0 Å². The third-order valence-electron chi connectivity index (χ3n) is 4.38. The molecule has 2 rings (SSSR count). The van der Waals surface area contributed by atoms with Gasteiger partial charge in [-0.2, -0.15) is 0 Å². The Labute approximate surface area is 127 Å². The summed E-state index contributed by atoms with van der Waals surface area (Å²) in [6, 6.07) is 6.83. The molecular weight excluding hydrogens is 270 g/mol. The first-order valence-corrected chi connectivity index (χ1v) is 7.92. The molecule has 1 saturated heterocycles. The van der Waals surface area contributed by atoms with E-state index < -0.39 is 0 Å². The van der Waals surface area contributed by atoms with Crippen molar-refractivity contribution in [3.63, 3.8) is 0 Å². The molecule has 0 unspecified atom stereocenters. The molecule has 0 radical (unpaired) electrons. The molecule has 0 aliphatic carbocycles. The second-order valence-corrected chi connectivity index (χ2v) is 5.95. The van der Waals surface area contributed by atoms with Gasteiger partial charge in [-0.15, -0.1) is 0 Å². The third kappa shape index (κ3) is 3.46. The molecule has 0 spiro atoms. The smallest absolute Gasteiger partial charge is 0.0471 e. The summed E-state index contributed by atoms with van der Waals surface area (Å²) in [5.41, 5.74) is 2.47. The molecule has 112 valence electrons. The minimum atomic E-state index is 0.617. The number of piperidine rings is 1. The molecule has 1 N–H and O–H groups in total. The van der Waals surface area contributed by atoms with Crippen LogP contribution >= 0.6 is 11.6 Å². The fourth-order valence-corrected chi connectivity index (χ4v) is 3.29. The summed E-state index contributed by atoms with van der Waals surface area (Å²) in [6.07, 6.45) is 2.46. The SMILES string of the molecule is CCN1CCC(N(C)c2cccc(Cl)c2CNC)CC1. The number of nitrogens with one attached hydrogen (secondary N) is 1. The zero-order chi connectivity index (χ0) is 14.5. The molecule has 1 heterocycles. The van der Waals surface area contributed by atoms with Gasteiger partial charge in [-0.1, -0.05) is 24.6 Å². The Hall–Kier alpha value is -0.770. The van der Waals surface area contributed by atoms with Crippen molar-refractivity contribution in [3.05, 3.63) is 28.8 Å². The molecule has 3 nitrogen and oxygen atoms in total. The summed E-state index contributed by atoms with van der Waals surface area (Å²) in [5.74, 6) is 0.